The third-order valence-corrected chi connectivity index (χ3v) is 1.84. The molecule has 1 N–H and O–H groups in total. The Labute approximate surface area is 34.8 Å². The first-order valence-electron chi connectivity index (χ1n) is 1.56. The minimum absolute atomic E-state index is 0.139. The van der Waals surface area contributed by atoms with E-state index in [-0.39, 0.29) is 17.6 Å². The SMILES string of the molecule is C[NH][GaH][CH3]. The summed E-state index contributed by atoms with van der Waals surface area (Å²) >= 11 is -0.139. The summed E-state index contributed by atoms with van der Waals surface area (Å²) in [5, 5.41) is 0. The molecule has 0 aliphatic heterocycles. The van der Waals surface area contributed by atoms with Gasteiger partial charge in [-0.1, -0.05) is 0 Å². The summed E-state index contributed by atoms with van der Waals surface area (Å²) in [6.07, 6.45) is 0. The monoisotopic (exact) mass is 115 g/mol. The van der Waals surface area contributed by atoms with E-state index in [1.807, 2.05) is 7.05 Å². The molecule has 0 unspecified atom stereocenters. The van der Waals surface area contributed by atoms with Crippen LogP contribution in [-0.4, -0.2) is 24.7 Å². The summed E-state index contributed by atoms with van der Waals surface area (Å²) in [4.78, 5) is 0. The topological polar surface area (TPSA) is 12.0 Å². The Bertz CT molecular complexity index is 8.00. The summed E-state index contributed by atoms with van der Waals surface area (Å²) in [5.74, 6) is 0. The van der Waals surface area contributed by atoms with Crippen molar-refractivity contribution in [1.29, 1.82) is 0 Å². The van der Waals surface area contributed by atoms with Crippen molar-refractivity contribution in [1.82, 2.24) is 4.02 Å². The van der Waals surface area contributed by atoms with E-state index in [9.17, 15) is 0 Å². The summed E-state index contributed by atoms with van der Waals surface area (Å²) in [6.45, 7) is 0. The zero-order valence-corrected chi connectivity index (χ0v) is 6.17. The molecule has 0 fully saturated rings. The zero-order chi connectivity index (χ0) is 3.41. The summed E-state index contributed by atoms with van der Waals surface area (Å²) in [5.41, 5.74) is 2.26. The Kier molecular flexibility index (Phi) is 4.13. The number of hydrogen-bond acceptors (Lipinski definition) is 1. The second-order valence-electron chi connectivity index (χ2n) is 0.707. The van der Waals surface area contributed by atoms with Crippen LogP contribution in [0.4, 0.5) is 0 Å². The molecule has 0 amide bonds. The minimum atomic E-state index is -0.139. The fourth-order valence-electron chi connectivity index (χ4n) is 0. The van der Waals surface area contributed by atoms with Crippen molar-refractivity contribution in [3.8, 4) is 0 Å². The van der Waals surface area contributed by atoms with Gasteiger partial charge in [0.2, 0.25) is 0 Å². The molecule has 2 heteroatoms. The van der Waals surface area contributed by atoms with Crippen LogP contribution in [0.2, 0.25) is 5.48 Å². The van der Waals surface area contributed by atoms with Gasteiger partial charge >= 0.3 is 34.2 Å². The molecule has 0 saturated carbocycles. The van der Waals surface area contributed by atoms with Crippen molar-refractivity contribution < 1.29 is 0 Å². The number of nitrogens with one attached hydrogen (secondary N) is 1. The average molecular weight is 116 g/mol. The van der Waals surface area contributed by atoms with Crippen molar-refractivity contribution in [3.63, 3.8) is 0 Å². The molecule has 0 aliphatic rings. The molecule has 0 aromatic carbocycles. The van der Waals surface area contributed by atoms with Crippen LogP contribution in [0.3, 0.4) is 0 Å². The molecule has 0 heterocycles. The fraction of sp³-hybridized carbons (Fsp3) is 1.00. The predicted molar refractivity (Wildman–Crippen MR) is 22.1 cm³/mol. The Balaban J connectivity index is 1.97. The maximum absolute atomic E-state index is 3.12. The zero-order valence-electron chi connectivity index (χ0n) is 3.21. The first kappa shape index (κ1) is 4.60. The summed E-state index contributed by atoms with van der Waals surface area (Å²) < 4.78 is 3.12. The first-order chi connectivity index (χ1) is 1.91. The molecule has 0 rings (SSSR count). The van der Waals surface area contributed by atoms with Gasteiger partial charge in [0.15, 0.2) is 0 Å². The second-order valence-corrected chi connectivity index (χ2v) is 3.67. The first-order valence-corrected chi connectivity index (χ1v) is 6.01. The van der Waals surface area contributed by atoms with Crippen LogP contribution in [0.1, 0.15) is 0 Å². The molecule has 0 spiro atoms. The quantitative estimate of drug-likeness (QED) is 0.459. The summed E-state index contributed by atoms with van der Waals surface area (Å²) in [6, 6.07) is 0. The Morgan fingerprint density at radius 3 is 2.00 bits per heavy atom. The van der Waals surface area contributed by atoms with Crippen molar-refractivity contribution in [2.75, 3.05) is 7.05 Å². The van der Waals surface area contributed by atoms with Gasteiger partial charge in [0, 0.05) is 0 Å². The standard InChI is InChI=1S/CH4N.CH3.Ga.H/c1-2;;;/h2H,1H3;1H3;;/q-1;;+1;. The summed E-state index contributed by atoms with van der Waals surface area (Å²) in [7, 11) is 2.01. The van der Waals surface area contributed by atoms with E-state index >= 15 is 0 Å². The van der Waals surface area contributed by atoms with E-state index < -0.39 is 0 Å². The molecule has 0 aliphatic carbocycles. The van der Waals surface area contributed by atoms with E-state index in [1.165, 1.54) is 0 Å². The Hall–Kier alpha value is 0.596. The van der Waals surface area contributed by atoms with Gasteiger partial charge in [-0.05, 0) is 0 Å². The van der Waals surface area contributed by atoms with Gasteiger partial charge < -0.3 is 0 Å². The van der Waals surface area contributed by atoms with Gasteiger partial charge in [0.25, 0.3) is 0 Å². The molecule has 0 bridgehead atoms. The van der Waals surface area contributed by atoms with Gasteiger partial charge in [-0.3, -0.25) is 0 Å². The van der Waals surface area contributed by atoms with Crippen LogP contribution >= 0.6 is 0 Å². The molecule has 0 aromatic heterocycles. The van der Waals surface area contributed by atoms with Crippen molar-refractivity contribution in [2.24, 2.45) is 0 Å². The molecule has 4 heavy (non-hydrogen) atoms. The molecule has 0 atom stereocenters. The number of rotatable bonds is 1. The normalized spacial score (nSPS) is 6.50. The van der Waals surface area contributed by atoms with Gasteiger partial charge in [-0.25, -0.2) is 0 Å². The third-order valence-electron chi connectivity index (χ3n) is 0.354. The molecule has 0 radical (unpaired) electrons. The van der Waals surface area contributed by atoms with Crippen LogP contribution in [0.5, 0.6) is 0 Å². The van der Waals surface area contributed by atoms with Gasteiger partial charge in [0.05, 0.1) is 0 Å². The van der Waals surface area contributed by atoms with Gasteiger partial charge in [-0.2, -0.15) is 0 Å². The molecular weight excluding hydrogens is 108 g/mol. The van der Waals surface area contributed by atoms with Crippen LogP contribution in [0.15, 0.2) is 0 Å². The van der Waals surface area contributed by atoms with E-state index in [0.29, 0.717) is 0 Å². The average Bonchev–Trinajstić information content (AvgIpc) is 1.37. The predicted octanol–water partition coefficient (Wildman–Crippen LogP) is -0.395. The Morgan fingerprint density at radius 1 is 1.75 bits per heavy atom. The Morgan fingerprint density at radius 2 is 2.00 bits per heavy atom. The van der Waals surface area contributed by atoms with Gasteiger partial charge in [-0.15, -0.1) is 0 Å². The van der Waals surface area contributed by atoms with E-state index in [1.54, 1.807) is 0 Å². The maximum atomic E-state index is 3.12. The van der Waals surface area contributed by atoms with E-state index in [2.05, 4.69) is 9.50 Å². The third kappa shape index (κ3) is 2.60. The van der Waals surface area contributed by atoms with Crippen LogP contribution in [0.25, 0.3) is 0 Å². The van der Waals surface area contributed by atoms with E-state index in [0.717, 1.165) is 0 Å². The second kappa shape index (κ2) is 3.60. The molecule has 0 saturated heterocycles. The van der Waals surface area contributed by atoms with Crippen molar-refractivity contribution >= 4 is 17.6 Å². The van der Waals surface area contributed by atoms with Gasteiger partial charge in [0.1, 0.15) is 0 Å². The van der Waals surface area contributed by atoms with Crippen molar-refractivity contribution in [2.45, 2.75) is 5.48 Å². The number of hydrogen-bond donors (Lipinski definition) is 1. The molecule has 24 valence electrons. The molecule has 1 nitrogen and oxygen atoms in total. The van der Waals surface area contributed by atoms with Crippen LogP contribution < -0.4 is 4.02 Å². The van der Waals surface area contributed by atoms with Crippen LogP contribution in [-0.2, 0) is 0 Å². The van der Waals surface area contributed by atoms with E-state index in [4.69, 9.17) is 0 Å². The molecule has 0 aromatic rings. The van der Waals surface area contributed by atoms with Crippen molar-refractivity contribution in [3.05, 3.63) is 0 Å². The van der Waals surface area contributed by atoms with Crippen LogP contribution in [0, 0.1) is 0 Å². The molecular formula is C2H8GaN. The fourth-order valence-corrected chi connectivity index (χ4v) is 0.